The Kier molecular flexibility index (Phi) is 3.59. The zero-order valence-corrected chi connectivity index (χ0v) is 12.3. The molecule has 0 radical (unpaired) electrons. The zero-order valence-electron chi connectivity index (χ0n) is 12.3. The monoisotopic (exact) mass is 264 g/mol. The average molecular weight is 264 g/mol. The molecular weight excluding hydrogens is 236 g/mol. The summed E-state index contributed by atoms with van der Waals surface area (Å²) in [6, 6.07) is 0.811. The highest BCUT2D eigenvalue weighted by molar-refractivity contribution is 5.79. The molecule has 0 aromatic rings. The Hall–Kier alpha value is -0.570. The highest BCUT2D eigenvalue weighted by Gasteiger charge is 2.43. The summed E-state index contributed by atoms with van der Waals surface area (Å²) in [5.74, 6) is 2.58. The van der Waals surface area contributed by atoms with Crippen LogP contribution in [-0.4, -0.2) is 29.4 Å². The number of hydrogen-bond donors (Lipinski definition) is 1. The minimum absolute atomic E-state index is 0.267. The molecule has 4 atom stereocenters. The first-order valence-corrected chi connectivity index (χ1v) is 8.12. The van der Waals surface area contributed by atoms with E-state index in [-0.39, 0.29) is 5.92 Å². The molecule has 1 aliphatic heterocycles. The molecule has 108 valence electrons. The van der Waals surface area contributed by atoms with Crippen molar-refractivity contribution in [2.45, 2.75) is 64.5 Å². The third-order valence-corrected chi connectivity index (χ3v) is 5.83. The van der Waals surface area contributed by atoms with Gasteiger partial charge in [-0.15, -0.1) is 0 Å². The summed E-state index contributed by atoms with van der Waals surface area (Å²) >= 11 is 0. The van der Waals surface area contributed by atoms with Crippen molar-refractivity contribution >= 4 is 5.91 Å². The number of hydrogen-bond acceptors (Lipinski definition) is 2. The van der Waals surface area contributed by atoms with Crippen molar-refractivity contribution in [1.29, 1.82) is 0 Å². The second kappa shape index (κ2) is 5.08. The summed E-state index contributed by atoms with van der Waals surface area (Å²) in [6.45, 7) is 5.43. The van der Waals surface area contributed by atoms with Gasteiger partial charge in [-0.1, -0.05) is 13.3 Å². The van der Waals surface area contributed by atoms with Gasteiger partial charge in [0.1, 0.15) is 0 Å². The molecule has 0 aromatic heterocycles. The van der Waals surface area contributed by atoms with E-state index < -0.39 is 0 Å². The van der Waals surface area contributed by atoms with Crippen LogP contribution in [0.5, 0.6) is 0 Å². The molecule has 4 unspecified atom stereocenters. The Labute approximate surface area is 116 Å². The largest absolute Gasteiger partial charge is 0.339 e. The Balaban J connectivity index is 1.68. The highest BCUT2D eigenvalue weighted by Crippen LogP contribution is 2.43. The van der Waals surface area contributed by atoms with Gasteiger partial charge in [-0.25, -0.2) is 0 Å². The fourth-order valence-corrected chi connectivity index (χ4v) is 4.83. The number of likely N-dealkylation sites (tertiary alicyclic amines) is 1. The molecule has 3 aliphatic rings. The maximum Gasteiger partial charge on any atom is 0.225 e. The van der Waals surface area contributed by atoms with Crippen LogP contribution in [0.1, 0.15) is 52.4 Å². The van der Waals surface area contributed by atoms with Crippen molar-refractivity contribution in [3.63, 3.8) is 0 Å². The van der Waals surface area contributed by atoms with E-state index in [1.165, 1.54) is 25.7 Å². The Morgan fingerprint density at radius 3 is 2.26 bits per heavy atom. The van der Waals surface area contributed by atoms with Crippen molar-refractivity contribution in [3.8, 4) is 0 Å². The molecule has 0 aromatic carbocycles. The summed E-state index contributed by atoms with van der Waals surface area (Å²) < 4.78 is 0. The standard InChI is InChI=1S/C16H28N2O/c1-10-6-11(2)18(9-10)16(19)14-7-12-4-3-5-13(8-14)15(12)17/h10-15H,3-9,17H2,1-2H3. The van der Waals surface area contributed by atoms with Gasteiger partial charge in [0.25, 0.3) is 0 Å². The first-order chi connectivity index (χ1) is 9.06. The van der Waals surface area contributed by atoms with Gasteiger partial charge in [-0.3, -0.25) is 4.79 Å². The van der Waals surface area contributed by atoms with Gasteiger partial charge in [-0.05, 0) is 56.8 Å². The summed E-state index contributed by atoms with van der Waals surface area (Å²) in [5.41, 5.74) is 6.32. The topological polar surface area (TPSA) is 46.3 Å². The highest BCUT2D eigenvalue weighted by atomic mass is 16.2. The van der Waals surface area contributed by atoms with Crippen LogP contribution in [0, 0.1) is 23.7 Å². The smallest absolute Gasteiger partial charge is 0.225 e. The molecule has 19 heavy (non-hydrogen) atoms. The first-order valence-electron chi connectivity index (χ1n) is 8.12. The Morgan fingerprint density at radius 2 is 1.74 bits per heavy atom. The molecule has 3 fully saturated rings. The van der Waals surface area contributed by atoms with Crippen LogP contribution in [0.15, 0.2) is 0 Å². The van der Waals surface area contributed by atoms with E-state index in [0.717, 1.165) is 19.4 Å². The van der Waals surface area contributed by atoms with Crippen molar-refractivity contribution in [1.82, 2.24) is 4.90 Å². The van der Waals surface area contributed by atoms with Crippen molar-refractivity contribution in [2.75, 3.05) is 6.54 Å². The molecule has 0 spiro atoms. The zero-order chi connectivity index (χ0) is 13.6. The van der Waals surface area contributed by atoms with E-state index in [1.807, 2.05) is 0 Å². The van der Waals surface area contributed by atoms with E-state index in [9.17, 15) is 4.79 Å². The third kappa shape index (κ3) is 2.42. The third-order valence-electron chi connectivity index (χ3n) is 5.83. The van der Waals surface area contributed by atoms with Crippen LogP contribution in [0.2, 0.25) is 0 Å². The van der Waals surface area contributed by atoms with Crippen molar-refractivity contribution in [2.24, 2.45) is 29.4 Å². The Bertz CT molecular complexity index is 343. The average Bonchev–Trinajstić information content (AvgIpc) is 2.67. The van der Waals surface area contributed by atoms with Crippen LogP contribution in [0.25, 0.3) is 0 Å². The number of nitrogens with zero attached hydrogens (tertiary/aromatic N) is 1. The fraction of sp³-hybridized carbons (Fsp3) is 0.938. The predicted octanol–water partition coefficient (Wildman–Crippen LogP) is 2.40. The lowest BCUT2D eigenvalue weighted by Crippen LogP contribution is -2.50. The van der Waals surface area contributed by atoms with Gasteiger partial charge in [0.15, 0.2) is 0 Å². The molecule has 2 saturated carbocycles. The van der Waals surface area contributed by atoms with Crippen LogP contribution < -0.4 is 5.73 Å². The molecule has 3 rings (SSSR count). The van der Waals surface area contributed by atoms with Crippen LogP contribution in [0.4, 0.5) is 0 Å². The van der Waals surface area contributed by atoms with Crippen LogP contribution in [-0.2, 0) is 4.79 Å². The molecule has 1 saturated heterocycles. The minimum Gasteiger partial charge on any atom is -0.339 e. The predicted molar refractivity (Wildman–Crippen MR) is 76.5 cm³/mol. The van der Waals surface area contributed by atoms with Gasteiger partial charge >= 0.3 is 0 Å². The number of amides is 1. The molecule has 2 N–H and O–H groups in total. The number of nitrogens with two attached hydrogens (primary N) is 1. The molecule has 2 bridgehead atoms. The first kappa shape index (κ1) is 13.4. The fourth-order valence-electron chi connectivity index (χ4n) is 4.83. The quantitative estimate of drug-likeness (QED) is 0.790. The van der Waals surface area contributed by atoms with Gasteiger partial charge in [-0.2, -0.15) is 0 Å². The van der Waals surface area contributed by atoms with E-state index in [0.29, 0.717) is 35.7 Å². The Morgan fingerprint density at radius 1 is 1.11 bits per heavy atom. The summed E-state index contributed by atoms with van der Waals surface area (Å²) in [4.78, 5) is 14.9. The maximum atomic E-state index is 12.8. The van der Waals surface area contributed by atoms with E-state index in [4.69, 9.17) is 5.73 Å². The van der Waals surface area contributed by atoms with E-state index in [2.05, 4.69) is 18.7 Å². The lowest BCUT2D eigenvalue weighted by molar-refractivity contribution is -0.139. The summed E-state index contributed by atoms with van der Waals surface area (Å²) in [5, 5.41) is 0. The molecule has 1 amide bonds. The normalized spacial score (nSPS) is 46.4. The van der Waals surface area contributed by atoms with E-state index in [1.54, 1.807) is 0 Å². The van der Waals surface area contributed by atoms with Gasteiger partial charge in [0.05, 0.1) is 0 Å². The van der Waals surface area contributed by atoms with Crippen molar-refractivity contribution < 1.29 is 4.79 Å². The number of fused-ring (bicyclic) bond motifs is 2. The second-order valence-electron chi connectivity index (χ2n) is 7.38. The number of carbonyl (C=O) groups is 1. The summed E-state index contributed by atoms with van der Waals surface area (Å²) in [6.07, 6.45) is 7.08. The lowest BCUT2D eigenvalue weighted by atomic mass is 9.65. The molecule has 2 aliphatic carbocycles. The second-order valence-corrected chi connectivity index (χ2v) is 7.38. The van der Waals surface area contributed by atoms with Gasteiger partial charge in [0, 0.05) is 24.5 Å². The van der Waals surface area contributed by atoms with Gasteiger partial charge < -0.3 is 10.6 Å². The molecule has 3 nitrogen and oxygen atoms in total. The minimum atomic E-state index is 0.267. The van der Waals surface area contributed by atoms with Crippen LogP contribution in [0.3, 0.4) is 0 Å². The molecule has 1 heterocycles. The van der Waals surface area contributed by atoms with Gasteiger partial charge in [0.2, 0.25) is 5.91 Å². The summed E-state index contributed by atoms with van der Waals surface area (Å²) in [7, 11) is 0. The SMILES string of the molecule is CC1CC(C)N(C(=O)C2CC3CCCC(C2)C3N)C1. The molecular formula is C16H28N2O. The molecule has 3 heteroatoms. The van der Waals surface area contributed by atoms with Crippen molar-refractivity contribution in [3.05, 3.63) is 0 Å². The number of carbonyl (C=O) groups excluding carboxylic acids is 1. The van der Waals surface area contributed by atoms with Crippen LogP contribution >= 0.6 is 0 Å². The van der Waals surface area contributed by atoms with E-state index >= 15 is 0 Å². The lowest BCUT2D eigenvalue weighted by Gasteiger charge is -2.44. The number of rotatable bonds is 1. The maximum absolute atomic E-state index is 12.8.